The number of hydrogen-bond acceptors (Lipinski definition) is 3. The number of rotatable bonds is 6. The molecule has 1 aliphatic rings. The van der Waals surface area contributed by atoms with Crippen LogP contribution in [0.1, 0.15) is 38.3 Å². The highest BCUT2D eigenvalue weighted by atomic mass is 16.4. The lowest BCUT2D eigenvalue weighted by Crippen LogP contribution is -2.36. The Morgan fingerprint density at radius 1 is 1.58 bits per heavy atom. The Morgan fingerprint density at radius 3 is 3.16 bits per heavy atom. The Kier molecular flexibility index (Phi) is 4.96. The minimum absolute atomic E-state index is 0.296. The van der Waals surface area contributed by atoms with Gasteiger partial charge in [0.1, 0.15) is 0 Å². The maximum absolute atomic E-state index is 10.8. The molecule has 2 rings (SSSR count). The van der Waals surface area contributed by atoms with Crippen LogP contribution in [0.3, 0.4) is 0 Å². The number of carbonyl (C=O) groups is 1. The highest BCUT2D eigenvalue weighted by molar-refractivity contribution is 5.67. The summed E-state index contributed by atoms with van der Waals surface area (Å²) in [4.78, 5) is 13.2. The number of hydrogen-bond donors (Lipinski definition) is 1. The summed E-state index contributed by atoms with van der Waals surface area (Å²) in [6, 6.07) is 2.07. The molecule has 19 heavy (non-hydrogen) atoms. The van der Waals surface area contributed by atoms with Crippen LogP contribution in [0.5, 0.6) is 0 Å². The van der Waals surface area contributed by atoms with Gasteiger partial charge in [-0.2, -0.15) is 5.10 Å². The summed E-state index contributed by atoms with van der Waals surface area (Å²) in [5, 5.41) is 13.2. The fourth-order valence-corrected chi connectivity index (χ4v) is 2.85. The Balaban J connectivity index is 1.91. The summed E-state index contributed by atoms with van der Waals surface area (Å²) in [5.41, 5.74) is 1.23. The van der Waals surface area contributed by atoms with Gasteiger partial charge in [-0.25, -0.2) is 0 Å². The van der Waals surface area contributed by atoms with Gasteiger partial charge in [0.25, 0.3) is 0 Å². The first-order valence-corrected chi connectivity index (χ1v) is 7.14. The van der Waals surface area contributed by atoms with Crippen molar-refractivity contribution in [3.63, 3.8) is 0 Å². The molecule has 5 nitrogen and oxygen atoms in total. The highest BCUT2D eigenvalue weighted by Gasteiger charge is 2.22. The summed E-state index contributed by atoms with van der Waals surface area (Å²) in [7, 11) is 0. The first-order chi connectivity index (χ1) is 9.19. The zero-order valence-corrected chi connectivity index (χ0v) is 11.6. The van der Waals surface area contributed by atoms with Crippen LogP contribution in [0.15, 0.2) is 12.3 Å². The molecule has 5 heteroatoms. The molecule has 106 valence electrons. The van der Waals surface area contributed by atoms with E-state index in [1.807, 2.05) is 6.20 Å². The normalized spacial score (nSPS) is 20.6. The molecule has 0 bridgehead atoms. The van der Waals surface area contributed by atoms with Crippen molar-refractivity contribution in [3.05, 3.63) is 18.0 Å². The van der Waals surface area contributed by atoms with Crippen LogP contribution in [0.4, 0.5) is 0 Å². The van der Waals surface area contributed by atoms with Crippen LogP contribution in [0, 0.1) is 5.92 Å². The molecular formula is C14H23N3O2. The monoisotopic (exact) mass is 265 g/mol. The van der Waals surface area contributed by atoms with Gasteiger partial charge >= 0.3 is 5.97 Å². The number of carboxylic acid groups (broad SMARTS) is 1. The topological polar surface area (TPSA) is 58.4 Å². The van der Waals surface area contributed by atoms with Crippen molar-refractivity contribution in [2.75, 3.05) is 13.1 Å². The van der Waals surface area contributed by atoms with Gasteiger partial charge in [-0.05, 0) is 37.8 Å². The Bertz CT molecular complexity index is 417. The maximum atomic E-state index is 10.8. The molecule has 0 aromatic carbocycles. The number of carboxylic acids is 1. The van der Waals surface area contributed by atoms with E-state index < -0.39 is 5.97 Å². The minimum Gasteiger partial charge on any atom is -0.481 e. The fraction of sp³-hybridized carbons (Fsp3) is 0.714. The second kappa shape index (κ2) is 6.70. The Labute approximate surface area is 114 Å². The van der Waals surface area contributed by atoms with Gasteiger partial charge in [-0.15, -0.1) is 0 Å². The lowest BCUT2D eigenvalue weighted by atomic mass is 9.95. The van der Waals surface area contributed by atoms with Crippen molar-refractivity contribution in [2.45, 2.75) is 45.7 Å². The molecule has 0 radical (unpaired) electrons. The average molecular weight is 265 g/mol. The van der Waals surface area contributed by atoms with Crippen molar-refractivity contribution in [2.24, 2.45) is 5.92 Å². The second-order valence-electron chi connectivity index (χ2n) is 5.39. The Hall–Kier alpha value is -1.36. The SMILES string of the molecule is CCCn1nccc1CN1CCCC(CC(=O)O)C1. The van der Waals surface area contributed by atoms with Crippen molar-refractivity contribution < 1.29 is 9.90 Å². The van der Waals surface area contributed by atoms with Gasteiger partial charge in [0.05, 0.1) is 5.69 Å². The number of piperidine rings is 1. The summed E-state index contributed by atoms with van der Waals surface area (Å²) in [6.45, 7) is 5.94. The number of aromatic nitrogens is 2. The lowest BCUT2D eigenvalue weighted by Gasteiger charge is -2.32. The molecule has 1 atom stereocenters. The van der Waals surface area contributed by atoms with E-state index in [0.29, 0.717) is 12.3 Å². The van der Waals surface area contributed by atoms with Gasteiger partial charge in [0.2, 0.25) is 0 Å². The predicted molar refractivity (Wildman–Crippen MR) is 72.8 cm³/mol. The summed E-state index contributed by atoms with van der Waals surface area (Å²) in [5.74, 6) is -0.378. The molecule has 1 aromatic heterocycles. The molecule has 0 saturated carbocycles. The molecule has 1 fully saturated rings. The summed E-state index contributed by atoms with van der Waals surface area (Å²) in [6.07, 6.45) is 5.36. The third kappa shape index (κ3) is 4.06. The molecule has 0 spiro atoms. The Morgan fingerprint density at radius 2 is 2.42 bits per heavy atom. The molecular weight excluding hydrogens is 242 g/mol. The fourth-order valence-electron chi connectivity index (χ4n) is 2.85. The summed E-state index contributed by atoms with van der Waals surface area (Å²) >= 11 is 0. The summed E-state index contributed by atoms with van der Waals surface area (Å²) < 4.78 is 2.06. The van der Waals surface area contributed by atoms with Crippen molar-refractivity contribution in [1.29, 1.82) is 0 Å². The van der Waals surface area contributed by atoms with Crippen molar-refractivity contribution in [1.82, 2.24) is 14.7 Å². The molecule has 1 saturated heterocycles. The van der Waals surface area contributed by atoms with Crippen molar-refractivity contribution in [3.8, 4) is 0 Å². The van der Waals surface area contributed by atoms with Crippen LogP contribution >= 0.6 is 0 Å². The molecule has 1 unspecified atom stereocenters. The van der Waals surface area contributed by atoms with Gasteiger partial charge < -0.3 is 5.11 Å². The third-order valence-electron chi connectivity index (χ3n) is 3.69. The van der Waals surface area contributed by atoms with Crippen LogP contribution in [-0.4, -0.2) is 38.8 Å². The van der Waals surface area contributed by atoms with Gasteiger partial charge in [-0.3, -0.25) is 14.4 Å². The van der Waals surface area contributed by atoms with E-state index in [1.165, 1.54) is 5.69 Å². The smallest absolute Gasteiger partial charge is 0.303 e. The van der Waals surface area contributed by atoms with E-state index in [-0.39, 0.29) is 0 Å². The van der Waals surface area contributed by atoms with E-state index in [2.05, 4.69) is 27.7 Å². The number of nitrogens with zero attached hydrogens (tertiary/aromatic N) is 3. The molecule has 0 amide bonds. The van der Waals surface area contributed by atoms with Crippen LogP contribution in [0.2, 0.25) is 0 Å². The molecule has 1 N–H and O–H groups in total. The van der Waals surface area contributed by atoms with E-state index in [0.717, 1.165) is 45.4 Å². The highest BCUT2D eigenvalue weighted by Crippen LogP contribution is 2.21. The predicted octanol–water partition coefficient (Wildman–Crippen LogP) is 1.98. The van der Waals surface area contributed by atoms with Gasteiger partial charge in [-0.1, -0.05) is 6.92 Å². The minimum atomic E-state index is -0.678. The number of aryl methyl sites for hydroxylation is 1. The average Bonchev–Trinajstić information content (AvgIpc) is 2.77. The van der Waals surface area contributed by atoms with Gasteiger partial charge in [0.15, 0.2) is 0 Å². The van der Waals surface area contributed by atoms with E-state index >= 15 is 0 Å². The first kappa shape index (κ1) is 14.1. The van der Waals surface area contributed by atoms with Crippen molar-refractivity contribution >= 4 is 5.97 Å². The molecule has 0 aliphatic carbocycles. The van der Waals surface area contributed by atoms with Crippen LogP contribution in [-0.2, 0) is 17.9 Å². The van der Waals surface area contributed by atoms with E-state index in [1.54, 1.807) is 0 Å². The van der Waals surface area contributed by atoms with Gasteiger partial charge in [0, 0.05) is 32.3 Å². The molecule has 1 aliphatic heterocycles. The number of aliphatic carboxylic acids is 1. The first-order valence-electron chi connectivity index (χ1n) is 7.14. The van der Waals surface area contributed by atoms with E-state index in [9.17, 15) is 4.79 Å². The standard InChI is InChI=1S/C14H23N3O2/c1-2-7-17-13(5-6-15-17)11-16-8-3-4-12(10-16)9-14(18)19/h5-6,12H,2-4,7-11H2,1H3,(H,18,19). The van der Waals surface area contributed by atoms with Crippen LogP contribution in [0.25, 0.3) is 0 Å². The third-order valence-corrected chi connectivity index (χ3v) is 3.69. The molecule has 1 aromatic rings. The quantitative estimate of drug-likeness (QED) is 0.854. The number of likely N-dealkylation sites (tertiary alicyclic amines) is 1. The molecule has 2 heterocycles. The zero-order valence-electron chi connectivity index (χ0n) is 11.6. The zero-order chi connectivity index (χ0) is 13.7. The largest absolute Gasteiger partial charge is 0.481 e. The van der Waals surface area contributed by atoms with E-state index in [4.69, 9.17) is 5.11 Å². The second-order valence-corrected chi connectivity index (χ2v) is 5.39. The maximum Gasteiger partial charge on any atom is 0.303 e. The van der Waals surface area contributed by atoms with Crippen LogP contribution < -0.4 is 0 Å². The lowest BCUT2D eigenvalue weighted by molar-refractivity contribution is -0.138.